The Hall–Kier alpha value is -3.75. The van der Waals surface area contributed by atoms with Gasteiger partial charge in [0.15, 0.2) is 0 Å². The zero-order valence-corrected chi connectivity index (χ0v) is 13.1. The van der Waals surface area contributed by atoms with Gasteiger partial charge in [-0.2, -0.15) is 5.10 Å². The Morgan fingerprint density at radius 1 is 1.20 bits per heavy atom. The summed E-state index contributed by atoms with van der Waals surface area (Å²) in [4.78, 5) is 33.0. The molecule has 0 aromatic heterocycles. The van der Waals surface area contributed by atoms with Crippen molar-refractivity contribution < 1.29 is 19.6 Å². The number of carbonyl (C=O) groups excluding carboxylic acids is 2. The first-order valence-corrected chi connectivity index (χ1v) is 7.05. The fourth-order valence-corrected chi connectivity index (χ4v) is 1.89. The minimum absolute atomic E-state index is 0.0931. The molecule has 2 aromatic rings. The van der Waals surface area contributed by atoms with Gasteiger partial charge in [-0.05, 0) is 30.3 Å². The highest BCUT2D eigenvalue weighted by Crippen LogP contribution is 2.21. The number of non-ortho nitro benzene ring substituents is 1. The van der Waals surface area contributed by atoms with Crippen LogP contribution in [-0.4, -0.2) is 28.1 Å². The maximum atomic E-state index is 11.9. The molecule has 2 amide bonds. The highest BCUT2D eigenvalue weighted by molar-refractivity contribution is 5.96. The molecule has 0 aliphatic heterocycles. The molecule has 0 bridgehead atoms. The summed E-state index contributed by atoms with van der Waals surface area (Å²) < 4.78 is 0. The molecule has 0 saturated heterocycles. The summed E-state index contributed by atoms with van der Waals surface area (Å²) in [6, 6.07) is 9.58. The average Bonchev–Trinajstić information content (AvgIpc) is 2.56. The Morgan fingerprint density at radius 3 is 2.48 bits per heavy atom. The van der Waals surface area contributed by atoms with Crippen molar-refractivity contribution in [2.24, 2.45) is 5.10 Å². The van der Waals surface area contributed by atoms with Gasteiger partial charge in [0.1, 0.15) is 5.75 Å². The van der Waals surface area contributed by atoms with Gasteiger partial charge >= 0.3 is 0 Å². The number of nitro groups is 1. The van der Waals surface area contributed by atoms with Gasteiger partial charge in [0.2, 0.25) is 5.91 Å². The van der Waals surface area contributed by atoms with Crippen molar-refractivity contribution in [3.63, 3.8) is 0 Å². The largest absolute Gasteiger partial charge is 0.507 e. The molecule has 0 unspecified atom stereocenters. The lowest BCUT2D eigenvalue weighted by Crippen LogP contribution is -2.17. The number of phenolic OH excluding ortho intramolecular Hbond substituents is 1. The van der Waals surface area contributed by atoms with Crippen LogP contribution in [0.4, 0.5) is 11.4 Å². The van der Waals surface area contributed by atoms with Crippen molar-refractivity contribution in [3.8, 4) is 5.75 Å². The summed E-state index contributed by atoms with van der Waals surface area (Å²) in [7, 11) is 0. The molecule has 2 aromatic carbocycles. The van der Waals surface area contributed by atoms with Crippen LogP contribution < -0.4 is 10.7 Å². The minimum Gasteiger partial charge on any atom is -0.507 e. The molecule has 0 heterocycles. The standard InChI is InChI=1S/C16H14N4O5/c1-10(21)18-13-4-2-11(3-5-13)16(23)19-17-9-12-8-14(20(24)25)6-7-15(12)22/h2-9,22H,1H3,(H,18,21)(H,19,23). The quantitative estimate of drug-likeness (QED) is 0.434. The summed E-state index contributed by atoms with van der Waals surface area (Å²) in [6.45, 7) is 1.37. The van der Waals surface area contributed by atoms with Gasteiger partial charge in [-0.15, -0.1) is 0 Å². The third-order valence-corrected chi connectivity index (χ3v) is 3.06. The Bertz CT molecular complexity index is 846. The average molecular weight is 342 g/mol. The zero-order chi connectivity index (χ0) is 18.4. The molecule has 0 fully saturated rings. The second kappa shape index (κ2) is 7.68. The number of anilines is 1. The van der Waals surface area contributed by atoms with Crippen molar-refractivity contribution >= 4 is 29.4 Å². The zero-order valence-electron chi connectivity index (χ0n) is 13.1. The van der Waals surface area contributed by atoms with Crippen LogP contribution in [0.15, 0.2) is 47.6 Å². The van der Waals surface area contributed by atoms with Crippen molar-refractivity contribution in [2.75, 3.05) is 5.32 Å². The van der Waals surface area contributed by atoms with Gasteiger partial charge in [0.25, 0.3) is 11.6 Å². The molecule has 0 spiro atoms. The number of nitrogens with zero attached hydrogens (tertiary/aromatic N) is 2. The highest BCUT2D eigenvalue weighted by Gasteiger charge is 2.09. The molecular weight excluding hydrogens is 328 g/mol. The first kappa shape index (κ1) is 17.6. The number of nitrogens with one attached hydrogen (secondary N) is 2. The molecule has 25 heavy (non-hydrogen) atoms. The van der Waals surface area contributed by atoms with E-state index in [4.69, 9.17) is 0 Å². The monoisotopic (exact) mass is 342 g/mol. The number of hydrazone groups is 1. The Kier molecular flexibility index (Phi) is 5.41. The summed E-state index contributed by atoms with van der Waals surface area (Å²) >= 11 is 0. The fourth-order valence-electron chi connectivity index (χ4n) is 1.89. The Balaban J connectivity index is 2.04. The number of phenols is 1. The molecular formula is C16H14N4O5. The molecule has 0 radical (unpaired) electrons. The van der Waals surface area contributed by atoms with Crippen LogP contribution >= 0.6 is 0 Å². The van der Waals surface area contributed by atoms with E-state index < -0.39 is 10.8 Å². The van der Waals surface area contributed by atoms with Gasteiger partial charge in [0.05, 0.1) is 11.1 Å². The minimum atomic E-state index is -0.605. The van der Waals surface area contributed by atoms with Gasteiger partial charge in [0, 0.05) is 35.9 Å². The van der Waals surface area contributed by atoms with Crippen LogP contribution in [0.2, 0.25) is 0 Å². The van der Waals surface area contributed by atoms with Gasteiger partial charge in [-0.3, -0.25) is 19.7 Å². The number of aromatic hydroxyl groups is 1. The van der Waals surface area contributed by atoms with Crippen molar-refractivity contribution in [3.05, 3.63) is 63.7 Å². The van der Waals surface area contributed by atoms with Gasteiger partial charge in [-0.1, -0.05) is 0 Å². The third-order valence-electron chi connectivity index (χ3n) is 3.06. The summed E-state index contributed by atoms with van der Waals surface area (Å²) in [5, 5.41) is 26.6. The summed E-state index contributed by atoms with van der Waals surface area (Å²) in [5.41, 5.74) is 2.98. The molecule has 0 aliphatic carbocycles. The smallest absolute Gasteiger partial charge is 0.271 e. The van der Waals surface area contributed by atoms with E-state index in [0.717, 1.165) is 18.3 Å². The number of hydrogen-bond acceptors (Lipinski definition) is 6. The van der Waals surface area contributed by atoms with Crippen molar-refractivity contribution in [1.82, 2.24) is 5.43 Å². The van der Waals surface area contributed by atoms with Crippen LogP contribution in [0.25, 0.3) is 0 Å². The predicted octanol–water partition coefficient (Wildman–Crippen LogP) is 2.02. The van der Waals surface area contributed by atoms with Crippen molar-refractivity contribution in [1.29, 1.82) is 0 Å². The van der Waals surface area contributed by atoms with Crippen LogP contribution in [0, 0.1) is 10.1 Å². The molecule has 3 N–H and O–H groups in total. The molecule has 128 valence electrons. The second-order valence-corrected chi connectivity index (χ2v) is 4.96. The molecule has 9 nitrogen and oxygen atoms in total. The molecule has 0 atom stereocenters. The van der Waals surface area contributed by atoms with Crippen LogP contribution in [0.3, 0.4) is 0 Å². The molecule has 9 heteroatoms. The molecule has 2 rings (SSSR count). The first-order valence-electron chi connectivity index (χ1n) is 7.05. The lowest BCUT2D eigenvalue weighted by Gasteiger charge is -2.04. The van der Waals surface area contributed by atoms with E-state index in [0.29, 0.717) is 11.3 Å². The normalized spacial score (nSPS) is 10.4. The number of amides is 2. The Labute approximate surface area is 142 Å². The maximum absolute atomic E-state index is 11.9. The molecule has 0 aliphatic rings. The predicted molar refractivity (Wildman–Crippen MR) is 90.6 cm³/mol. The van der Waals surface area contributed by atoms with Gasteiger partial charge < -0.3 is 10.4 Å². The third kappa shape index (κ3) is 4.86. The van der Waals surface area contributed by atoms with E-state index in [-0.39, 0.29) is 22.9 Å². The number of benzene rings is 2. The maximum Gasteiger partial charge on any atom is 0.271 e. The number of rotatable bonds is 5. The SMILES string of the molecule is CC(=O)Nc1ccc(C(=O)NN=Cc2cc([N+](=O)[O-])ccc2O)cc1. The number of carbonyl (C=O) groups is 2. The topological polar surface area (TPSA) is 134 Å². The van der Waals surface area contributed by atoms with E-state index in [1.54, 1.807) is 12.1 Å². The summed E-state index contributed by atoms with van der Waals surface area (Å²) in [5.74, 6) is -0.947. The van der Waals surface area contributed by atoms with E-state index in [9.17, 15) is 24.8 Å². The van der Waals surface area contributed by atoms with E-state index in [1.165, 1.54) is 25.1 Å². The highest BCUT2D eigenvalue weighted by atomic mass is 16.6. The van der Waals surface area contributed by atoms with Crippen LogP contribution in [0.1, 0.15) is 22.8 Å². The van der Waals surface area contributed by atoms with E-state index >= 15 is 0 Å². The fraction of sp³-hybridized carbons (Fsp3) is 0.0625. The Morgan fingerprint density at radius 2 is 1.88 bits per heavy atom. The van der Waals surface area contributed by atoms with Crippen LogP contribution in [-0.2, 0) is 4.79 Å². The molecule has 0 saturated carbocycles. The van der Waals surface area contributed by atoms with Gasteiger partial charge in [-0.25, -0.2) is 5.43 Å². The number of nitro benzene ring substituents is 1. The van der Waals surface area contributed by atoms with E-state index in [2.05, 4.69) is 15.8 Å². The number of hydrogen-bond donors (Lipinski definition) is 3. The second-order valence-electron chi connectivity index (χ2n) is 4.96. The van der Waals surface area contributed by atoms with E-state index in [1.807, 2.05) is 0 Å². The lowest BCUT2D eigenvalue weighted by atomic mass is 10.2. The lowest BCUT2D eigenvalue weighted by molar-refractivity contribution is -0.384. The van der Waals surface area contributed by atoms with Crippen LogP contribution in [0.5, 0.6) is 5.75 Å². The van der Waals surface area contributed by atoms with Crippen molar-refractivity contribution in [2.45, 2.75) is 6.92 Å². The summed E-state index contributed by atoms with van der Waals surface area (Å²) in [6.07, 6.45) is 1.10. The first-order chi connectivity index (χ1) is 11.9.